The van der Waals surface area contributed by atoms with Crippen LogP contribution in [0.1, 0.15) is 33.3 Å². The Morgan fingerprint density at radius 1 is 1.00 bits per heavy atom. The molecule has 0 unspecified atom stereocenters. The lowest BCUT2D eigenvalue weighted by atomic mass is 10.1. The average molecular weight is 549 g/mol. The van der Waals surface area contributed by atoms with Gasteiger partial charge < -0.3 is 10.2 Å². The van der Waals surface area contributed by atoms with E-state index >= 15 is 0 Å². The number of nitrogens with one attached hydrogen (secondary N) is 1. The van der Waals surface area contributed by atoms with Gasteiger partial charge in [0.2, 0.25) is 21.8 Å². The van der Waals surface area contributed by atoms with Gasteiger partial charge in [-0.25, -0.2) is 8.42 Å². The molecule has 0 aromatic heterocycles. The Kier molecular flexibility index (Phi) is 9.27. The minimum absolute atomic E-state index is 0.0890. The van der Waals surface area contributed by atoms with Gasteiger partial charge in [0.25, 0.3) is 0 Å². The quantitative estimate of drug-likeness (QED) is 0.516. The van der Waals surface area contributed by atoms with Gasteiger partial charge in [-0.2, -0.15) is 0 Å². The number of amides is 2. The molecular formula is C23H28Cl3N3O4S. The third-order valence-corrected chi connectivity index (χ3v) is 6.95. The van der Waals surface area contributed by atoms with Crippen LogP contribution in [0.25, 0.3) is 0 Å². The van der Waals surface area contributed by atoms with Crippen molar-refractivity contribution in [1.82, 2.24) is 10.2 Å². The lowest BCUT2D eigenvalue weighted by Gasteiger charge is -2.33. The number of rotatable bonds is 8. The van der Waals surface area contributed by atoms with E-state index < -0.39 is 40.0 Å². The number of carbonyl (C=O) groups is 2. The second-order valence-corrected chi connectivity index (χ2v) is 12.0. The summed E-state index contributed by atoms with van der Waals surface area (Å²) in [7, 11) is -3.83. The second-order valence-electron chi connectivity index (χ2n) is 8.88. The lowest BCUT2D eigenvalue weighted by molar-refractivity contribution is -0.140. The normalized spacial score (nSPS) is 12.7. The Morgan fingerprint density at radius 2 is 1.53 bits per heavy atom. The summed E-state index contributed by atoms with van der Waals surface area (Å²) in [6.45, 7) is 6.41. The molecule has 186 valence electrons. The van der Waals surface area contributed by atoms with Gasteiger partial charge in [0.1, 0.15) is 12.6 Å². The molecule has 34 heavy (non-hydrogen) atoms. The van der Waals surface area contributed by atoms with Crippen LogP contribution in [-0.4, -0.2) is 49.5 Å². The average Bonchev–Trinajstić information content (AvgIpc) is 2.70. The molecule has 0 spiro atoms. The number of benzene rings is 2. The Hall–Kier alpha value is -2.00. The molecule has 0 aliphatic heterocycles. The molecule has 0 radical (unpaired) electrons. The SMILES string of the molecule is C[C@@H](C(=O)NC(C)(C)C)N(Cc1c(Cl)cccc1Cl)C(=O)CN(c1ccc(Cl)cc1)S(C)(=O)=O. The van der Waals surface area contributed by atoms with Gasteiger partial charge in [-0.05, 0) is 64.1 Å². The van der Waals surface area contributed by atoms with Crippen LogP contribution in [0.4, 0.5) is 5.69 Å². The molecular weight excluding hydrogens is 521 g/mol. The highest BCUT2D eigenvalue weighted by atomic mass is 35.5. The minimum atomic E-state index is -3.83. The second kappa shape index (κ2) is 11.2. The zero-order valence-corrected chi connectivity index (χ0v) is 22.7. The number of nitrogens with zero attached hydrogens (tertiary/aromatic N) is 2. The zero-order valence-electron chi connectivity index (χ0n) is 19.6. The largest absolute Gasteiger partial charge is 0.350 e. The summed E-state index contributed by atoms with van der Waals surface area (Å²) in [6, 6.07) is 10.0. The van der Waals surface area contributed by atoms with Crippen LogP contribution in [0.2, 0.25) is 15.1 Å². The number of halogens is 3. The highest BCUT2D eigenvalue weighted by Crippen LogP contribution is 2.27. The first kappa shape index (κ1) is 28.2. The fourth-order valence-electron chi connectivity index (χ4n) is 3.13. The maximum atomic E-state index is 13.5. The molecule has 2 amide bonds. The van der Waals surface area contributed by atoms with E-state index in [1.807, 2.05) is 20.8 Å². The van der Waals surface area contributed by atoms with Crippen molar-refractivity contribution >= 4 is 62.3 Å². The molecule has 7 nitrogen and oxygen atoms in total. The maximum absolute atomic E-state index is 13.5. The molecule has 2 aromatic carbocycles. The summed E-state index contributed by atoms with van der Waals surface area (Å²) in [4.78, 5) is 27.7. The summed E-state index contributed by atoms with van der Waals surface area (Å²) in [5.41, 5.74) is 0.180. The van der Waals surface area contributed by atoms with Crippen molar-refractivity contribution in [2.24, 2.45) is 0 Å². The predicted octanol–water partition coefficient (Wildman–Crippen LogP) is 4.74. The monoisotopic (exact) mass is 547 g/mol. The first-order valence-electron chi connectivity index (χ1n) is 10.4. The number of sulfonamides is 1. The molecule has 0 aliphatic carbocycles. The molecule has 0 fully saturated rings. The van der Waals surface area contributed by atoms with E-state index in [2.05, 4.69) is 5.32 Å². The summed E-state index contributed by atoms with van der Waals surface area (Å²) < 4.78 is 26.0. The molecule has 2 rings (SSSR count). The van der Waals surface area contributed by atoms with Gasteiger partial charge in [-0.3, -0.25) is 13.9 Å². The Bertz CT molecular complexity index is 1130. The van der Waals surface area contributed by atoms with Gasteiger partial charge in [0.15, 0.2) is 0 Å². The van der Waals surface area contributed by atoms with Crippen molar-refractivity contribution in [1.29, 1.82) is 0 Å². The zero-order chi connectivity index (χ0) is 25.8. The van der Waals surface area contributed by atoms with E-state index in [1.165, 1.54) is 29.2 Å². The summed E-state index contributed by atoms with van der Waals surface area (Å²) in [5.74, 6) is -1.01. The molecule has 0 aliphatic rings. The minimum Gasteiger partial charge on any atom is -0.350 e. The molecule has 0 heterocycles. The van der Waals surface area contributed by atoms with Crippen LogP contribution in [0, 0.1) is 0 Å². The van der Waals surface area contributed by atoms with E-state index in [0.29, 0.717) is 20.6 Å². The van der Waals surface area contributed by atoms with Gasteiger partial charge >= 0.3 is 0 Å². The van der Waals surface area contributed by atoms with Crippen molar-refractivity contribution in [3.05, 3.63) is 63.1 Å². The standard InChI is InChI=1S/C23H28Cl3N3O4S/c1-15(22(31)27-23(2,3)4)28(13-18-19(25)7-6-8-20(18)26)21(30)14-29(34(5,32)33)17-11-9-16(24)10-12-17/h6-12,15H,13-14H2,1-5H3,(H,27,31)/t15-/m0/s1. The molecule has 11 heteroatoms. The predicted molar refractivity (Wildman–Crippen MR) is 138 cm³/mol. The molecule has 2 aromatic rings. The van der Waals surface area contributed by atoms with Crippen LogP contribution in [0.3, 0.4) is 0 Å². The highest BCUT2D eigenvalue weighted by Gasteiger charge is 2.32. The van der Waals surface area contributed by atoms with E-state index in [4.69, 9.17) is 34.8 Å². The highest BCUT2D eigenvalue weighted by molar-refractivity contribution is 7.92. The van der Waals surface area contributed by atoms with Gasteiger partial charge in [-0.15, -0.1) is 0 Å². The Morgan fingerprint density at radius 3 is 2.00 bits per heavy atom. The van der Waals surface area contributed by atoms with Crippen molar-refractivity contribution in [2.75, 3.05) is 17.1 Å². The summed E-state index contributed by atoms with van der Waals surface area (Å²) in [5, 5.41) is 3.92. The fourth-order valence-corrected chi connectivity index (χ4v) is 4.62. The number of carbonyl (C=O) groups excluding carboxylic acids is 2. The van der Waals surface area contributed by atoms with Crippen molar-refractivity contribution in [3.8, 4) is 0 Å². The van der Waals surface area contributed by atoms with Crippen molar-refractivity contribution in [2.45, 2.75) is 45.8 Å². The van der Waals surface area contributed by atoms with E-state index in [-0.39, 0.29) is 12.2 Å². The molecule has 1 N–H and O–H groups in total. The lowest BCUT2D eigenvalue weighted by Crippen LogP contribution is -2.54. The third kappa shape index (κ3) is 7.77. The van der Waals surface area contributed by atoms with E-state index in [0.717, 1.165) is 10.6 Å². The van der Waals surface area contributed by atoms with Crippen molar-refractivity contribution in [3.63, 3.8) is 0 Å². The molecule has 0 bridgehead atoms. The number of hydrogen-bond donors (Lipinski definition) is 1. The van der Waals surface area contributed by atoms with Gasteiger partial charge in [0, 0.05) is 32.7 Å². The smallest absolute Gasteiger partial charge is 0.244 e. The maximum Gasteiger partial charge on any atom is 0.244 e. The van der Waals surface area contributed by atoms with Crippen LogP contribution in [0.15, 0.2) is 42.5 Å². The summed E-state index contributed by atoms with van der Waals surface area (Å²) >= 11 is 18.6. The fraction of sp³-hybridized carbons (Fsp3) is 0.391. The van der Waals surface area contributed by atoms with Crippen LogP contribution in [-0.2, 0) is 26.2 Å². The first-order valence-corrected chi connectivity index (χ1v) is 13.4. The topological polar surface area (TPSA) is 86.8 Å². The summed E-state index contributed by atoms with van der Waals surface area (Å²) in [6.07, 6.45) is 1.000. The number of hydrogen-bond acceptors (Lipinski definition) is 4. The number of anilines is 1. The molecule has 0 saturated heterocycles. The van der Waals surface area contributed by atoms with Crippen LogP contribution in [0.5, 0.6) is 0 Å². The molecule has 0 saturated carbocycles. The third-order valence-electron chi connectivity index (χ3n) is 4.85. The van der Waals surface area contributed by atoms with Crippen LogP contribution >= 0.6 is 34.8 Å². The van der Waals surface area contributed by atoms with Gasteiger partial charge in [-0.1, -0.05) is 40.9 Å². The van der Waals surface area contributed by atoms with Crippen LogP contribution < -0.4 is 9.62 Å². The van der Waals surface area contributed by atoms with E-state index in [1.54, 1.807) is 25.1 Å². The molecule has 1 atom stereocenters. The Balaban J connectivity index is 2.46. The van der Waals surface area contributed by atoms with E-state index in [9.17, 15) is 18.0 Å². The first-order chi connectivity index (χ1) is 15.6. The Labute approximate surface area is 216 Å². The van der Waals surface area contributed by atoms with Crippen molar-refractivity contribution < 1.29 is 18.0 Å². The van der Waals surface area contributed by atoms with Gasteiger partial charge in [0.05, 0.1) is 11.9 Å².